The van der Waals surface area contributed by atoms with E-state index in [-0.39, 0.29) is 5.91 Å². The van der Waals surface area contributed by atoms with E-state index in [1.807, 2.05) is 44.2 Å². The number of nitrogens with one attached hydrogen (secondary N) is 2. The third-order valence-corrected chi connectivity index (χ3v) is 4.40. The van der Waals surface area contributed by atoms with Crippen molar-refractivity contribution in [1.29, 1.82) is 0 Å². The van der Waals surface area contributed by atoms with Crippen molar-refractivity contribution in [3.63, 3.8) is 0 Å². The van der Waals surface area contributed by atoms with Gasteiger partial charge in [-0.1, -0.05) is 24.3 Å². The van der Waals surface area contributed by atoms with E-state index >= 15 is 0 Å². The molecule has 0 fully saturated rings. The number of carbonyl (C=O) groups excluding carboxylic acids is 1. The minimum Gasteiger partial charge on any atom is -0.493 e. The first kappa shape index (κ1) is 19.6. The minimum atomic E-state index is -0.00458. The van der Waals surface area contributed by atoms with E-state index < -0.39 is 0 Å². The number of rotatable bonds is 8. The summed E-state index contributed by atoms with van der Waals surface area (Å²) in [7, 11) is 0. The Bertz CT molecular complexity index is 949. The number of aromatic nitrogens is 3. The zero-order valence-corrected chi connectivity index (χ0v) is 16.6. The number of carbonyl (C=O) groups is 1. The lowest BCUT2D eigenvalue weighted by atomic mass is 10.1. The number of hydrogen-bond acceptors (Lipinski definition) is 4. The van der Waals surface area contributed by atoms with Gasteiger partial charge >= 0.3 is 0 Å². The van der Waals surface area contributed by atoms with Gasteiger partial charge in [0.05, 0.1) is 6.61 Å². The van der Waals surface area contributed by atoms with Crippen molar-refractivity contribution in [2.45, 2.75) is 40.0 Å². The molecule has 2 N–H and O–H groups in total. The third-order valence-electron chi connectivity index (χ3n) is 4.40. The minimum absolute atomic E-state index is 0.00458. The molecule has 28 heavy (non-hydrogen) atoms. The van der Waals surface area contributed by atoms with Gasteiger partial charge in [-0.05, 0) is 62.9 Å². The number of unbranched alkanes of at least 4 members (excludes halogenated alkanes) is 1. The molecule has 1 heterocycles. The van der Waals surface area contributed by atoms with Crippen LogP contribution in [-0.2, 0) is 4.79 Å². The molecule has 0 aliphatic carbocycles. The second-order valence-corrected chi connectivity index (χ2v) is 6.95. The average molecular weight is 378 g/mol. The van der Waals surface area contributed by atoms with E-state index in [1.54, 1.807) is 0 Å². The summed E-state index contributed by atoms with van der Waals surface area (Å²) in [6.07, 6.45) is 2.06. The quantitative estimate of drug-likeness (QED) is 0.562. The Morgan fingerprint density at radius 1 is 1.11 bits per heavy atom. The number of aryl methyl sites for hydroxylation is 3. The van der Waals surface area contributed by atoms with E-state index in [1.165, 1.54) is 5.56 Å². The van der Waals surface area contributed by atoms with Crippen LogP contribution in [0.4, 0.5) is 5.69 Å². The van der Waals surface area contributed by atoms with E-state index in [0.29, 0.717) is 18.9 Å². The number of benzene rings is 2. The summed E-state index contributed by atoms with van der Waals surface area (Å²) in [6.45, 7) is 6.55. The maximum absolute atomic E-state index is 12.2. The van der Waals surface area contributed by atoms with Gasteiger partial charge in [0.2, 0.25) is 5.91 Å². The van der Waals surface area contributed by atoms with Crippen molar-refractivity contribution >= 4 is 11.6 Å². The Kier molecular flexibility index (Phi) is 6.42. The third kappa shape index (κ3) is 5.42. The van der Waals surface area contributed by atoms with Crippen LogP contribution in [0.1, 0.15) is 36.2 Å². The maximum atomic E-state index is 12.2. The Morgan fingerprint density at radius 3 is 2.75 bits per heavy atom. The zero-order chi connectivity index (χ0) is 19.9. The Hall–Kier alpha value is -3.15. The van der Waals surface area contributed by atoms with Crippen LogP contribution < -0.4 is 10.1 Å². The van der Waals surface area contributed by atoms with Crippen LogP contribution in [0, 0.1) is 20.8 Å². The summed E-state index contributed by atoms with van der Waals surface area (Å²) in [5.74, 6) is 2.29. The maximum Gasteiger partial charge on any atom is 0.224 e. The van der Waals surface area contributed by atoms with Gasteiger partial charge in [0.25, 0.3) is 0 Å². The number of H-pyrrole nitrogens is 1. The first-order valence-corrected chi connectivity index (χ1v) is 9.50. The summed E-state index contributed by atoms with van der Waals surface area (Å²) in [5, 5.41) is 9.91. The van der Waals surface area contributed by atoms with Crippen LogP contribution in [0.5, 0.6) is 5.75 Å². The summed E-state index contributed by atoms with van der Waals surface area (Å²) in [6, 6.07) is 13.7. The second-order valence-electron chi connectivity index (χ2n) is 6.95. The van der Waals surface area contributed by atoms with Crippen molar-refractivity contribution in [1.82, 2.24) is 15.2 Å². The number of nitrogens with zero attached hydrogens (tertiary/aromatic N) is 2. The van der Waals surface area contributed by atoms with Crippen molar-refractivity contribution in [3.8, 4) is 17.1 Å². The number of hydrogen-bond donors (Lipinski definition) is 2. The molecule has 146 valence electrons. The lowest BCUT2D eigenvalue weighted by Gasteiger charge is -2.10. The molecule has 0 bridgehead atoms. The second kappa shape index (κ2) is 9.17. The molecular weight excluding hydrogens is 352 g/mol. The molecular formula is C22H26N4O2. The molecule has 0 saturated carbocycles. The van der Waals surface area contributed by atoms with Gasteiger partial charge in [-0.15, -0.1) is 0 Å². The molecule has 6 heteroatoms. The lowest BCUT2D eigenvalue weighted by molar-refractivity contribution is -0.116. The van der Waals surface area contributed by atoms with Gasteiger partial charge in [0, 0.05) is 17.7 Å². The van der Waals surface area contributed by atoms with Gasteiger partial charge in [-0.2, -0.15) is 5.10 Å². The Labute approximate surface area is 165 Å². The number of aromatic amines is 1. The first-order valence-electron chi connectivity index (χ1n) is 9.50. The number of ether oxygens (including phenoxy) is 1. The number of amides is 1. The molecule has 1 amide bonds. The highest BCUT2D eigenvalue weighted by Gasteiger charge is 2.07. The molecule has 6 nitrogen and oxygen atoms in total. The molecule has 0 unspecified atom stereocenters. The van der Waals surface area contributed by atoms with Crippen molar-refractivity contribution in [3.05, 3.63) is 59.4 Å². The van der Waals surface area contributed by atoms with Crippen LogP contribution in [0.3, 0.4) is 0 Å². The number of anilines is 1. The fourth-order valence-electron chi connectivity index (χ4n) is 2.86. The standard InChI is InChI=1S/C22H26N4O2/c1-15-10-11-16(2)20(13-15)28-12-5-4-9-21(27)24-19-8-6-7-18(14-19)22-23-17(3)25-26-22/h6-8,10-11,13-14H,4-5,9,12H2,1-3H3,(H,24,27)(H,23,25,26). The Balaban J connectivity index is 1.43. The highest BCUT2D eigenvalue weighted by molar-refractivity contribution is 5.91. The van der Waals surface area contributed by atoms with Crippen molar-refractivity contribution < 1.29 is 9.53 Å². The van der Waals surface area contributed by atoms with Crippen molar-refractivity contribution in [2.75, 3.05) is 11.9 Å². The van der Waals surface area contributed by atoms with Gasteiger partial charge in [0.15, 0.2) is 5.82 Å². The smallest absolute Gasteiger partial charge is 0.224 e. The predicted molar refractivity (Wildman–Crippen MR) is 110 cm³/mol. The fraction of sp³-hybridized carbons (Fsp3) is 0.318. The van der Waals surface area contributed by atoms with Gasteiger partial charge < -0.3 is 10.1 Å². The topological polar surface area (TPSA) is 79.9 Å². The molecule has 0 saturated heterocycles. The summed E-state index contributed by atoms with van der Waals surface area (Å²) < 4.78 is 5.84. The zero-order valence-electron chi connectivity index (χ0n) is 16.6. The van der Waals surface area contributed by atoms with Crippen LogP contribution in [0.15, 0.2) is 42.5 Å². The molecule has 0 atom stereocenters. The molecule has 3 rings (SSSR count). The Morgan fingerprint density at radius 2 is 1.96 bits per heavy atom. The first-order chi connectivity index (χ1) is 13.5. The molecule has 3 aromatic rings. The largest absolute Gasteiger partial charge is 0.493 e. The van der Waals surface area contributed by atoms with Gasteiger partial charge in [0.1, 0.15) is 11.6 Å². The van der Waals surface area contributed by atoms with Crippen LogP contribution in [0.2, 0.25) is 0 Å². The average Bonchev–Trinajstić information content (AvgIpc) is 3.11. The summed E-state index contributed by atoms with van der Waals surface area (Å²) >= 11 is 0. The summed E-state index contributed by atoms with van der Waals surface area (Å²) in [5.41, 5.74) is 3.92. The molecule has 0 spiro atoms. The van der Waals surface area contributed by atoms with Crippen LogP contribution in [0.25, 0.3) is 11.4 Å². The van der Waals surface area contributed by atoms with Crippen molar-refractivity contribution in [2.24, 2.45) is 0 Å². The van der Waals surface area contributed by atoms with E-state index in [4.69, 9.17) is 4.74 Å². The molecule has 1 aromatic heterocycles. The normalized spacial score (nSPS) is 10.7. The van der Waals surface area contributed by atoms with Gasteiger partial charge in [-0.3, -0.25) is 9.89 Å². The molecule has 0 radical (unpaired) electrons. The summed E-state index contributed by atoms with van der Waals surface area (Å²) in [4.78, 5) is 16.5. The van der Waals surface area contributed by atoms with Crippen LogP contribution in [-0.4, -0.2) is 27.7 Å². The van der Waals surface area contributed by atoms with E-state index in [0.717, 1.165) is 41.2 Å². The van der Waals surface area contributed by atoms with Crippen LogP contribution >= 0.6 is 0 Å². The van der Waals surface area contributed by atoms with Gasteiger partial charge in [-0.25, -0.2) is 4.98 Å². The molecule has 2 aromatic carbocycles. The highest BCUT2D eigenvalue weighted by atomic mass is 16.5. The lowest BCUT2D eigenvalue weighted by Crippen LogP contribution is -2.11. The predicted octanol–water partition coefficient (Wildman–Crippen LogP) is 4.58. The van der Waals surface area contributed by atoms with E-state index in [9.17, 15) is 4.79 Å². The fourth-order valence-corrected chi connectivity index (χ4v) is 2.86. The molecule has 0 aliphatic heterocycles. The monoisotopic (exact) mass is 378 g/mol. The highest BCUT2D eigenvalue weighted by Crippen LogP contribution is 2.20. The SMILES string of the molecule is Cc1ccc(C)c(OCCCCC(=O)Nc2cccc(-c3n[nH]c(C)n3)c2)c1. The van der Waals surface area contributed by atoms with E-state index in [2.05, 4.69) is 39.6 Å². The molecule has 0 aliphatic rings.